The maximum absolute atomic E-state index is 11.9. The van der Waals surface area contributed by atoms with Crippen molar-refractivity contribution < 1.29 is 19.0 Å². The van der Waals surface area contributed by atoms with Gasteiger partial charge in [0.15, 0.2) is 0 Å². The maximum Gasteiger partial charge on any atom is 0.323 e. The minimum Gasteiger partial charge on any atom is -0.491 e. The molecule has 5 heteroatoms. The molecular formula is C12H16FNO3. The van der Waals surface area contributed by atoms with E-state index in [2.05, 4.69) is 0 Å². The highest BCUT2D eigenvalue weighted by molar-refractivity contribution is 5.78. The minimum absolute atomic E-state index is 0.0169. The number of nitrogens with two attached hydrogens (primary N) is 1. The van der Waals surface area contributed by atoms with Crippen LogP contribution < -0.4 is 10.5 Å². The number of rotatable bonds is 6. The fourth-order valence-corrected chi connectivity index (χ4v) is 1.36. The third kappa shape index (κ3) is 4.03. The van der Waals surface area contributed by atoms with E-state index in [0.717, 1.165) is 5.56 Å². The Kier molecular flexibility index (Phi) is 4.45. The fraction of sp³-hybridized carbons (Fsp3) is 0.417. The molecule has 0 radical (unpaired) electrons. The summed E-state index contributed by atoms with van der Waals surface area (Å²) in [4.78, 5) is 10.8. The summed E-state index contributed by atoms with van der Waals surface area (Å²) >= 11 is 0. The van der Waals surface area contributed by atoms with Crippen molar-refractivity contribution in [2.75, 3.05) is 13.3 Å². The topological polar surface area (TPSA) is 72.5 Å². The molecule has 0 aliphatic heterocycles. The predicted octanol–water partition coefficient (Wildman–Crippen LogP) is 1.38. The number of hydrogen-bond acceptors (Lipinski definition) is 3. The van der Waals surface area contributed by atoms with Crippen molar-refractivity contribution in [1.29, 1.82) is 0 Å². The maximum atomic E-state index is 11.9. The molecule has 0 bridgehead atoms. The van der Waals surface area contributed by atoms with E-state index in [1.807, 2.05) is 0 Å². The van der Waals surface area contributed by atoms with Crippen LogP contribution >= 0.6 is 0 Å². The van der Waals surface area contributed by atoms with Crippen LogP contribution in [-0.4, -0.2) is 29.9 Å². The molecule has 0 aromatic heterocycles. The van der Waals surface area contributed by atoms with E-state index in [0.29, 0.717) is 5.75 Å². The second kappa shape index (κ2) is 5.63. The van der Waals surface area contributed by atoms with Crippen LogP contribution in [0.4, 0.5) is 4.39 Å². The molecule has 1 unspecified atom stereocenters. The molecule has 0 saturated heterocycles. The third-order valence-corrected chi connectivity index (χ3v) is 2.33. The lowest BCUT2D eigenvalue weighted by Crippen LogP contribution is -2.46. The molecule has 0 spiro atoms. The molecule has 1 aromatic rings. The molecule has 0 aliphatic carbocycles. The quantitative estimate of drug-likeness (QED) is 0.789. The van der Waals surface area contributed by atoms with Crippen LogP contribution in [0.25, 0.3) is 0 Å². The summed E-state index contributed by atoms with van der Waals surface area (Å²) in [5.74, 6) is -0.490. The first-order valence-electron chi connectivity index (χ1n) is 5.25. The van der Waals surface area contributed by atoms with Crippen LogP contribution in [0.5, 0.6) is 5.75 Å². The Hall–Kier alpha value is -1.62. The van der Waals surface area contributed by atoms with Gasteiger partial charge in [-0.25, -0.2) is 4.39 Å². The van der Waals surface area contributed by atoms with Crippen molar-refractivity contribution in [3.05, 3.63) is 29.8 Å². The summed E-state index contributed by atoms with van der Waals surface area (Å²) in [5, 5.41) is 8.88. The van der Waals surface area contributed by atoms with Gasteiger partial charge >= 0.3 is 5.97 Å². The second-order valence-electron chi connectivity index (χ2n) is 4.08. The van der Waals surface area contributed by atoms with Crippen molar-refractivity contribution in [2.24, 2.45) is 5.73 Å². The molecule has 0 aliphatic rings. The van der Waals surface area contributed by atoms with E-state index in [1.165, 1.54) is 6.92 Å². The number of carboxylic acids is 1. The Morgan fingerprint density at radius 3 is 2.53 bits per heavy atom. The van der Waals surface area contributed by atoms with Gasteiger partial charge in [-0.05, 0) is 24.6 Å². The average molecular weight is 241 g/mol. The van der Waals surface area contributed by atoms with Gasteiger partial charge in [0.05, 0.1) is 0 Å². The monoisotopic (exact) mass is 241 g/mol. The number of halogens is 1. The first-order chi connectivity index (χ1) is 7.95. The van der Waals surface area contributed by atoms with Crippen LogP contribution in [0, 0.1) is 0 Å². The number of benzene rings is 1. The van der Waals surface area contributed by atoms with Gasteiger partial charge in [0.1, 0.15) is 24.6 Å². The van der Waals surface area contributed by atoms with Crippen molar-refractivity contribution in [1.82, 2.24) is 0 Å². The number of carbonyl (C=O) groups is 1. The van der Waals surface area contributed by atoms with E-state index in [4.69, 9.17) is 15.6 Å². The van der Waals surface area contributed by atoms with Crippen LogP contribution in [0.2, 0.25) is 0 Å². The largest absolute Gasteiger partial charge is 0.491 e. The Bertz CT molecular complexity index is 376. The zero-order chi connectivity index (χ0) is 12.9. The van der Waals surface area contributed by atoms with Gasteiger partial charge in [-0.2, -0.15) is 0 Å². The van der Waals surface area contributed by atoms with Gasteiger partial charge in [0.25, 0.3) is 0 Å². The van der Waals surface area contributed by atoms with Crippen molar-refractivity contribution in [2.45, 2.75) is 18.9 Å². The first kappa shape index (κ1) is 13.4. The minimum atomic E-state index is -1.29. The number of alkyl halides is 1. The Morgan fingerprint density at radius 1 is 1.47 bits per heavy atom. The lowest BCUT2D eigenvalue weighted by molar-refractivity contribution is -0.142. The van der Waals surface area contributed by atoms with Gasteiger partial charge < -0.3 is 15.6 Å². The zero-order valence-corrected chi connectivity index (χ0v) is 9.65. The average Bonchev–Trinajstić information content (AvgIpc) is 2.27. The molecule has 0 saturated carbocycles. The van der Waals surface area contributed by atoms with Crippen LogP contribution in [0.3, 0.4) is 0 Å². The molecule has 3 N–H and O–H groups in total. The molecule has 0 fully saturated rings. The summed E-state index contributed by atoms with van der Waals surface area (Å²) in [7, 11) is 0. The second-order valence-corrected chi connectivity index (χ2v) is 4.08. The molecular weight excluding hydrogens is 225 g/mol. The molecule has 1 atom stereocenters. The van der Waals surface area contributed by atoms with Crippen molar-refractivity contribution in [3.63, 3.8) is 0 Å². The lowest BCUT2D eigenvalue weighted by atomic mass is 9.94. The normalized spacial score (nSPS) is 14.1. The Morgan fingerprint density at radius 2 is 2.06 bits per heavy atom. The predicted molar refractivity (Wildman–Crippen MR) is 61.8 cm³/mol. The van der Waals surface area contributed by atoms with Gasteiger partial charge in [-0.15, -0.1) is 0 Å². The molecule has 0 heterocycles. The van der Waals surface area contributed by atoms with Crippen LogP contribution in [0.15, 0.2) is 24.3 Å². The van der Waals surface area contributed by atoms with Crippen LogP contribution in [-0.2, 0) is 11.2 Å². The van der Waals surface area contributed by atoms with E-state index >= 15 is 0 Å². The zero-order valence-electron chi connectivity index (χ0n) is 9.65. The molecule has 1 aromatic carbocycles. The molecule has 17 heavy (non-hydrogen) atoms. The third-order valence-electron chi connectivity index (χ3n) is 2.33. The molecule has 94 valence electrons. The number of hydrogen-bond donors (Lipinski definition) is 2. The van der Waals surface area contributed by atoms with E-state index < -0.39 is 18.2 Å². The highest BCUT2D eigenvalue weighted by atomic mass is 19.1. The van der Waals surface area contributed by atoms with Gasteiger partial charge in [-0.1, -0.05) is 12.1 Å². The van der Waals surface area contributed by atoms with Gasteiger partial charge in [-0.3, -0.25) is 4.79 Å². The highest BCUT2D eigenvalue weighted by Crippen LogP contribution is 2.16. The molecule has 0 amide bonds. The van der Waals surface area contributed by atoms with Gasteiger partial charge in [0, 0.05) is 6.42 Å². The summed E-state index contributed by atoms with van der Waals surface area (Å²) in [6, 6.07) is 6.79. The molecule has 4 nitrogen and oxygen atoms in total. The lowest BCUT2D eigenvalue weighted by Gasteiger charge is -2.19. The van der Waals surface area contributed by atoms with Gasteiger partial charge in [0.2, 0.25) is 0 Å². The highest BCUT2D eigenvalue weighted by Gasteiger charge is 2.27. The summed E-state index contributed by atoms with van der Waals surface area (Å²) < 4.78 is 16.9. The van der Waals surface area contributed by atoms with E-state index in [1.54, 1.807) is 24.3 Å². The first-order valence-corrected chi connectivity index (χ1v) is 5.25. The standard InChI is InChI=1S/C12H16FNO3/c1-12(14,11(15)16)8-9-2-4-10(5-3-9)17-7-6-13/h2-5H,6-8,14H2,1H3,(H,15,16). The van der Waals surface area contributed by atoms with Crippen LogP contribution in [0.1, 0.15) is 12.5 Å². The van der Waals surface area contributed by atoms with Crippen molar-refractivity contribution in [3.8, 4) is 5.75 Å². The summed E-state index contributed by atoms with van der Waals surface area (Å²) in [6.45, 7) is 0.938. The smallest absolute Gasteiger partial charge is 0.323 e. The number of ether oxygens (including phenoxy) is 1. The SMILES string of the molecule is CC(N)(Cc1ccc(OCCF)cc1)C(=O)O. The number of aliphatic carboxylic acids is 1. The van der Waals surface area contributed by atoms with E-state index in [-0.39, 0.29) is 13.0 Å². The van der Waals surface area contributed by atoms with E-state index in [9.17, 15) is 9.18 Å². The van der Waals surface area contributed by atoms with Crippen molar-refractivity contribution >= 4 is 5.97 Å². The molecule has 1 rings (SSSR count). The summed E-state index contributed by atoms with van der Waals surface area (Å²) in [6.07, 6.45) is 0.228. The number of carboxylic acid groups (broad SMARTS) is 1. The Labute approximate surface area is 99.2 Å². The fourth-order valence-electron chi connectivity index (χ4n) is 1.36. The Balaban J connectivity index is 2.65. The summed E-state index contributed by atoms with van der Waals surface area (Å²) in [5.41, 5.74) is 5.14.